The van der Waals surface area contributed by atoms with Gasteiger partial charge < -0.3 is 9.26 Å². The molecule has 0 unspecified atom stereocenters. The van der Waals surface area contributed by atoms with Crippen LogP contribution in [0.1, 0.15) is 25.5 Å². The molecule has 0 atom stereocenters. The average molecular weight is 268 g/mol. The summed E-state index contributed by atoms with van der Waals surface area (Å²) in [4.78, 5) is 4.62. The van der Waals surface area contributed by atoms with Gasteiger partial charge in [0, 0.05) is 23.4 Å². The van der Waals surface area contributed by atoms with Crippen molar-refractivity contribution in [2.24, 2.45) is 0 Å². The van der Waals surface area contributed by atoms with Crippen LogP contribution in [0.25, 0.3) is 22.3 Å². The maximum atomic E-state index is 5.32. The number of hydrogen-bond acceptors (Lipinski definition) is 4. The highest BCUT2D eigenvalue weighted by atomic mass is 16.5. The van der Waals surface area contributed by atoms with E-state index >= 15 is 0 Å². The second-order valence-electron chi connectivity index (χ2n) is 5.02. The number of hydrogen-bond donors (Lipinski definition) is 0. The van der Waals surface area contributed by atoms with E-state index in [1.54, 1.807) is 7.11 Å². The molecule has 0 amide bonds. The quantitative estimate of drug-likeness (QED) is 0.719. The second kappa shape index (κ2) is 4.96. The van der Waals surface area contributed by atoms with E-state index in [4.69, 9.17) is 9.26 Å². The van der Waals surface area contributed by atoms with Crippen molar-refractivity contribution in [2.45, 2.75) is 19.8 Å². The van der Waals surface area contributed by atoms with Crippen molar-refractivity contribution < 1.29 is 9.26 Å². The van der Waals surface area contributed by atoms with Crippen LogP contribution in [0.4, 0.5) is 0 Å². The molecule has 0 aliphatic rings. The van der Waals surface area contributed by atoms with Gasteiger partial charge in [-0.05, 0) is 18.2 Å². The number of ether oxygens (including phenoxy) is 1. The minimum Gasteiger partial charge on any atom is -0.497 e. The minimum atomic E-state index is 0.316. The summed E-state index contributed by atoms with van der Waals surface area (Å²) < 4.78 is 10.6. The molecule has 2 heterocycles. The van der Waals surface area contributed by atoms with Crippen molar-refractivity contribution in [3.63, 3.8) is 0 Å². The van der Waals surface area contributed by atoms with Gasteiger partial charge in [0.1, 0.15) is 17.2 Å². The highest BCUT2D eigenvalue weighted by Crippen LogP contribution is 2.25. The Kier molecular flexibility index (Phi) is 3.14. The van der Waals surface area contributed by atoms with Gasteiger partial charge in [-0.25, -0.2) is 4.98 Å². The number of nitrogens with zero attached hydrogens (tertiary/aromatic N) is 2. The van der Waals surface area contributed by atoms with E-state index in [-0.39, 0.29) is 0 Å². The van der Waals surface area contributed by atoms with Crippen LogP contribution in [-0.2, 0) is 0 Å². The van der Waals surface area contributed by atoms with Crippen molar-refractivity contribution in [3.8, 4) is 17.1 Å². The Labute approximate surface area is 117 Å². The molecule has 1 aromatic carbocycles. The van der Waals surface area contributed by atoms with Crippen LogP contribution in [-0.4, -0.2) is 17.3 Å². The van der Waals surface area contributed by atoms with E-state index in [0.717, 1.165) is 33.8 Å². The Balaban J connectivity index is 2.06. The monoisotopic (exact) mass is 268 g/mol. The number of methoxy groups -OCH3 is 1. The third-order valence-corrected chi connectivity index (χ3v) is 3.26. The molecule has 2 aromatic heterocycles. The van der Waals surface area contributed by atoms with Gasteiger partial charge in [0.05, 0.1) is 18.3 Å². The Hall–Kier alpha value is -2.36. The lowest BCUT2D eigenvalue weighted by atomic mass is 10.1. The summed E-state index contributed by atoms with van der Waals surface area (Å²) >= 11 is 0. The lowest BCUT2D eigenvalue weighted by Gasteiger charge is -2.03. The summed E-state index contributed by atoms with van der Waals surface area (Å²) in [5, 5.41) is 5.16. The molecule has 0 radical (unpaired) electrons. The van der Waals surface area contributed by atoms with E-state index in [9.17, 15) is 0 Å². The lowest BCUT2D eigenvalue weighted by molar-refractivity contribution is 0.373. The maximum absolute atomic E-state index is 5.32. The van der Waals surface area contributed by atoms with Gasteiger partial charge >= 0.3 is 0 Å². The van der Waals surface area contributed by atoms with E-state index in [1.807, 2.05) is 36.4 Å². The zero-order chi connectivity index (χ0) is 14.1. The molecule has 4 nitrogen and oxygen atoms in total. The molecule has 3 aromatic rings. The normalized spacial score (nSPS) is 11.2. The molecule has 0 spiro atoms. The fraction of sp³-hybridized carbons (Fsp3) is 0.250. The van der Waals surface area contributed by atoms with Gasteiger partial charge in [-0.15, -0.1) is 0 Å². The minimum absolute atomic E-state index is 0.316. The fourth-order valence-electron chi connectivity index (χ4n) is 2.05. The van der Waals surface area contributed by atoms with Crippen molar-refractivity contribution in [2.75, 3.05) is 7.11 Å². The first-order valence-corrected chi connectivity index (χ1v) is 6.59. The van der Waals surface area contributed by atoms with Gasteiger partial charge in [0.2, 0.25) is 0 Å². The molecule has 0 bridgehead atoms. The molecule has 0 saturated carbocycles. The summed E-state index contributed by atoms with van der Waals surface area (Å²) in [6, 6.07) is 11.8. The molecule has 3 rings (SSSR count). The summed E-state index contributed by atoms with van der Waals surface area (Å²) in [5.41, 5.74) is 2.45. The smallest absolute Gasteiger partial charge is 0.139 e. The maximum Gasteiger partial charge on any atom is 0.139 e. The van der Waals surface area contributed by atoms with Crippen molar-refractivity contribution in [1.29, 1.82) is 0 Å². The highest BCUT2D eigenvalue weighted by molar-refractivity contribution is 5.82. The average Bonchev–Trinajstić information content (AvgIpc) is 2.96. The third kappa shape index (κ3) is 2.25. The molecule has 0 aliphatic carbocycles. The molecule has 0 N–H and O–H groups in total. The van der Waals surface area contributed by atoms with Gasteiger partial charge in [-0.3, -0.25) is 0 Å². The van der Waals surface area contributed by atoms with Crippen LogP contribution in [0.2, 0.25) is 0 Å². The SMILES string of the molecule is COc1ccc2ccc(-c3cc(C(C)C)on3)nc2c1. The molecule has 4 heteroatoms. The van der Waals surface area contributed by atoms with Gasteiger partial charge in [-0.1, -0.05) is 25.1 Å². The van der Waals surface area contributed by atoms with Crippen molar-refractivity contribution in [1.82, 2.24) is 10.1 Å². The Morgan fingerprint density at radius 3 is 2.55 bits per heavy atom. The second-order valence-corrected chi connectivity index (χ2v) is 5.02. The van der Waals surface area contributed by atoms with E-state index < -0.39 is 0 Å². The number of rotatable bonds is 3. The predicted molar refractivity (Wildman–Crippen MR) is 77.9 cm³/mol. The number of aromatic nitrogens is 2. The van der Waals surface area contributed by atoms with E-state index in [2.05, 4.69) is 24.0 Å². The molecule has 0 saturated heterocycles. The largest absolute Gasteiger partial charge is 0.497 e. The number of pyridine rings is 1. The van der Waals surface area contributed by atoms with E-state index in [0.29, 0.717) is 5.92 Å². The summed E-state index contributed by atoms with van der Waals surface area (Å²) in [6.45, 7) is 4.14. The summed E-state index contributed by atoms with van der Waals surface area (Å²) in [5.74, 6) is 1.98. The van der Waals surface area contributed by atoms with Crippen molar-refractivity contribution in [3.05, 3.63) is 42.2 Å². The van der Waals surface area contributed by atoms with Crippen LogP contribution >= 0.6 is 0 Å². The predicted octanol–water partition coefficient (Wildman–Crippen LogP) is 4.02. The molecule has 102 valence electrons. The summed E-state index contributed by atoms with van der Waals surface area (Å²) in [7, 11) is 1.65. The van der Waals surface area contributed by atoms with Gasteiger partial charge in [-0.2, -0.15) is 0 Å². The zero-order valence-corrected chi connectivity index (χ0v) is 11.8. The summed E-state index contributed by atoms with van der Waals surface area (Å²) in [6.07, 6.45) is 0. The standard InChI is InChI=1S/C16H16N2O2/c1-10(2)16-9-15(18-20-16)13-7-5-11-4-6-12(19-3)8-14(11)17-13/h4-10H,1-3H3. The molecular weight excluding hydrogens is 252 g/mol. The molecule has 20 heavy (non-hydrogen) atoms. The first-order chi connectivity index (χ1) is 9.67. The van der Waals surface area contributed by atoms with Gasteiger partial charge in [0.15, 0.2) is 0 Å². The molecule has 0 fully saturated rings. The van der Waals surface area contributed by atoms with Crippen LogP contribution < -0.4 is 4.74 Å². The Morgan fingerprint density at radius 2 is 1.85 bits per heavy atom. The highest BCUT2D eigenvalue weighted by Gasteiger charge is 2.11. The van der Waals surface area contributed by atoms with Crippen LogP contribution in [0.5, 0.6) is 5.75 Å². The van der Waals surface area contributed by atoms with Crippen LogP contribution in [0, 0.1) is 0 Å². The van der Waals surface area contributed by atoms with E-state index in [1.165, 1.54) is 0 Å². The first-order valence-electron chi connectivity index (χ1n) is 6.59. The first kappa shape index (κ1) is 12.7. The zero-order valence-electron chi connectivity index (χ0n) is 11.8. The van der Waals surface area contributed by atoms with Gasteiger partial charge in [0.25, 0.3) is 0 Å². The molecule has 0 aliphatic heterocycles. The number of fused-ring (bicyclic) bond motifs is 1. The third-order valence-electron chi connectivity index (χ3n) is 3.26. The van der Waals surface area contributed by atoms with Crippen LogP contribution in [0.15, 0.2) is 40.9 Å². The van der Waals surface area contributed by atoms with Crippen LogP contribution in [0.3, 0.4) is 0 Å². The molecular formula is C16H16N2O2. The van der Waals surface area contributed by atoms with Crippen molar-refractivity contribution >= 4 is 10.9 Å². The fourth-order valence-corrected chi connectivity index (χ4v) is 2.05. The lowest BCUT2D eigenvalue weighted by Crippen LogP contribution is -1.87. The number of benzene rings is 1. The Bertz CT molecular complexity index is 747. The topological polar surface area (TPSA) is 48.2 Å². The Morgan fingerprint density at radius 1 is 1.05 bits per heavy atom.